The first-order chi connectivity index (χ1) is 11.6. The molecule has 126 valence electrons. The third kappa shape index (κ3) is 3.25. The lowest BCUT2D eigenvalue weighted by Crippen LogP contribution is -2.12. The summed E-state index contributed by atoms with van der Waals surface area (Å²) in [5.74, 6) is 1.05. The Hall–Kier alpha value is -2.04. The number of fused-ring (bicyclic) bond motifs is 1. The van der Waals surface area contributed by atoms with Crippen LogP contribution in [0.1, 0.15) is 31.9 Å². The van der Waals surface area contributed by atoms with Crippen molar-refractivity contribution >= 4 is 17.2 Å². The molecule has 2 aromatic heterocycles. The molecule has 0 aliphatic carbocycles. The Kier molecular flexibility index (Phi) is 5.07. The molecule has 24 heavy (non-hydrogen) atoms. The van der Waals surface area contributed by atoms with Crippen LogP contribution in [0.5, 0.6) is 5.75 Å². The van der Waals surface area contributed by atoms with E-state index in [1.807, 2.05) is 47.0 Å². The summed E-state index contributed by atoms with van der Waals surface area (Å²) in [6.45, 7) is 5.47. The number of hydrogen-bond donors (Lipinski definition) is 1. The molecule has 2 N–H and O–H groups in total. The van der Waals surface area contributed by atoms with E-state index in [1.54, 1.807) is 0 Å². The van der Waals surface area contributed by atoms with E-state index in [1.165, 1.54) is 0 Å². The molecule has 1 unspecified atom stereocenters. The molecule has 0 radical (unpaired) electrons. The number of benzene rings is 1. The number of pyridine rings is 1. The van der Waals surface area contributed by atoms with E-state index in [0.717, 1.165) is 41.4 Å². The van der Waals surface area contributed by atoms with Gasteiger partial charge in [-0.15, -0.1) is 0 Å². The molecular formula is C19H22ClN3O. The number of imidazole rings is 1. The highest BCUT2D eigenvalue weighted by atomic mass is 35.5. The number of rotatable bonds is 6. The van der Waals surface area contributed by atoms with Crippen LogP contribution in [0.3, 0.4) is 0 Å². The molecule has 0 spiro atoms. The smallest absolute Gasteiger partial charge is 0.137 e. The highest BCUT2D eigenvalue weighted by Crippen LogP contribution is 2.31. The van der Waals surface area contributed by atoms with E-state index in [0.29, 0.717) is 11.6 Å². The quantitative estimate of drug-likeness (QED) is 0.716. The predicted octanol–water partition coefficient (Wildman–Crippen LogP) is 4.51. The zero-order valence-electron chi connectivity index (χ0n) is 14.0. The molecule has 5 heteroatoms. The topological polar surface area (TPSA) is 52.5 Å². The summed E-state index contributed by atoms with van der Waals surface area (Å²) in [6, 6.07) is 11.8. The molecule has 1 atom stereocenters. The van der Waals surface area contributed by atoms with Crippen LogP contribution in [0.4, 0.5) is 0 Å². The van der Waals surface area contributed by atoms with Crippen molar-refractivity contribution in [2.75, 3.05) is 13.2 Å². The first-order valence-corrected chi connectivity index (χ1v) is 8.62. The molecule has 0 aliphatic rings. The van der Waals surface area contributed by atoms with Gasteiger partial charge in [0.05, 0.1) is 23.0 Å². The number of ether oxygens (including phenoxy) is 1. The van der Waals surface area contributed by atoms with E-state index in [-0.39, 0.29) is 5.92 Å². The predicted molar refractivity (Wildman–Crippen MR) is 98.9 cm³/mol. The zero-order chi connectivity index (χ0) is 17.1. The Labute approximate surface area is 147 Å². The van der Waals surface area contributed by atoms with Crippen LogP contribution in [0.2, 0.25) is 5.02 Å². The summed E-state index contributed by atoms with van der Waals surface area (Å²) < 4.78 is 7.69. The van der Waals surface area contributed by atoms with Gasteiger partial charge in [-0.05, 0) is 42.8 Å². The van der Waals surface area contributed by atoms with Gasteiger partial charge in [-0.25, -0.2) is 4.98 Å². The number of aromatic nitrogens is 2. The zero-order valence-corrected chi connectivity index (χ0v) is 14.8. The van der Waals surface area contributed by atoms with Crippen LogP contribution in [0.25, 0.3) is 16.9 Å². The van der Waals surface area contributed by atoms with Crippen molar-refractivity contribution in [3.63, 3.8) is 0 Å². The molecule has 0 saturated heterocycles. The normalized spacial score (nSPS) is 12.5. The molecule has 3 rings (SSSR count). The molecule has 4 nitrogen and oxygen atoms in total. The van der Waals surface area contributed by atoms with Crippen molar-refractivity contribution in [1.82, 2.24) is 9.38 Å². The van der Waals surface area contributed by atoms with E-state index >= 15 is 0 Å². The minimum absolute atomic E-state index is 0.171. The molecule has 2 heterocycles. The Morgan fingerprint density at radius 2 is 1.96 bits per heavy atom. The summed E-state index contributed by atoms with van der Waals surface area (Å²) in [7, 11) is 0. The van der Waals surface area contributed by atoms with E-state index in [9.17, 15) is 0 Å². The maximum absolute atomic E-state index is 6.17. The van der Waals surface area contributed by atoms with Crippen molar-refractivity contribution in [2.24, 2.45) is 5.73 Å². The maximum Gasteiger partial charge on any atom is 0.137 e. The van der Waals surface area contributed by atoms with Gasteiger partial charge < -0.3 is 14.9 Å². The van der Waals surface area contributed by atoms with Crippen molar-refractivity contribution in [3.8, 4) is 17.0 Å². The van der Waals surface area contributed by atoms with Crippen LogP contribution < -0.4 is 10.5 Å². The number of halogens is 1. The van der Waals surface area contributed by atoms with Gasteiger partial charge >= 0.3 is 0 Å². The van der Waals surface area contributed by atoms with Crippen LogP contribution in [-0.4, -0.2) is 22.5 Å². The van der Waals surface area contributed by atoms with E-state index in [4.69, 9.17) is 27.1 Å². The summed E-state index contributed by atoms with van der Waals surface area (Å²) in [4.78, 5) is 4.79. The minimum atomic E-state index is 0.171. The number of nitrogens with two attached hydrogens (primary N) is 1. The molecule has 0 bridgehead atoms. The van der Waals surface area contributed by atoms with Crippen molar-refractivity contribution < 1.29 is 4.74 Å². The lowest BCUT2D eigenvalue weighted by atomic mass is 10.0. The first-order valence-electron chi connectivity index (χ1n) is 8.24. The Morgan fingerprint density at radius 1 is 1.21 bits per heavy atom. The number of hydrogen-bond acceptors (Lipinski definition) is 3. The van der Waals surface area contributed by atoms with Crippen LogP contribution in [0, 0.1) is 0 Å². The largest absolute Gasteiger partial charge is 0.494 e. The van der Waals surface area contributed by atoms with Crippen molar-refractivity contribution in [2.45, 2.75) is 26.2 Å². The monoisotopic (exact) mass is 343 g/mol. The second kappa shape index (κ2) is 7.24. The summed E-state index contributed by atoms with van der Waals surface area (Å²) in [6.07, 6.45) is 2.89. The third-order valence-corrected chi connectivity index (χ3v) is 4.26. The van der Waals surface area contributed by atoms with Gasteiger partial charge in [0.1, 0.15) is 11.4 Å². The van der Waals surface area contributed by atoms with Gasteiger partial charge in [0.15, 0.2) is 0 Å². The van der Waals surface area contributed by atoms with E-state index < -0.39 is 0 Å². The third-order valence-electron chi connectivity index (χ3n) is 4.04. The molecule has 1 aromatic carbocycles. The van der Waals surface area contributed by atoms with Gasteiger partial charge in [0.25, 0.3) is 0 Å². The second-order valence-electron chi connectivity index (χ2n) is 5.93. The average Bonchev–Trinajstić information content (AvgIpc) is 2.98. The Morgan fingerprint density at radius 3 is 2.62 bits per heavy atom. The fourth-order valence-electron chi connectivity index (χ4n) is 2.76. The molecule has 0 saturated carbocycles. The first kappa shape index (κ1) is 16.8. The highest BCUT2D eigenvalue weighted by Gasteiger charge is 2.18. The molecular weight excluding hydrogens is 322 g/mol. The highest BCUT2D eigenvalue weighted by molar-refractivity contribution is 6.30. The summed E-state index contributed by atoms with van der Waals surface area (Å²) in [5, 5.41) is 0.681. The van der Waals surface area contributed by atoms with Gasteiger partial charge in [-0.2, -0.15) is 0 Å². The Bertz CT molecular complexity index is 826. The Balaban J connectivity index is 2.07. The standard InChI is InChI=1S/C19H22ClN3O/c1-3-10-24-16-7-4-14(5-8-16)18-19(13(2)11-21)23-12-15(20)6-9-17(23)22-18/h4-9,12-13H,3,10-11,21H2,1-2H3. The van der Waals surface area contributed by atoms with Gasteiger partial charge in [-0.3, -0.25) is 0 Å². The van der Waals surface area contributed by atoms with Crippen molar-refractivity contribution in [1.29, 1.82) is 0 Å². The van der Waals surface area contributed by atoms with Crippen LogP contribution in [-0.2, 0) is 0 Å². The van der Waals surface area contributed by atoms with Crippen molar-refractivity contribution in [3.05, 3.63) is 53.3 Å². The van der Waals surface area contributed by atoms with Gasteiger partial charge in [0, 0.05) is 24.2 Å². The van der Waals surface area contributed by atoms with Gasteiger partial charge in [-0.1, -0.05) is 25.4 Å². The SMILES string of the molecule is CCCOc1ccc(-c2nc3ccc(Cl)cn3c2C(C)CN)cc1. The summed E-state index contributed by atoms with van der Waals surface area (Å²) >= 11 is 6.17. The maximum atomic E-state index is 6.17. The molecule has 0 fully saturated rings. The molecule has 0 aliphatic heterocycles. The lowest BCUT2D eigenvalue weighted by Gasteiger charge is -2.12. The number of nitrogens with zero attached hydrogens (tertiary/aromatic N) is 2. The fourth-order valence-corrected chi connectivity index (χ4v) is 2.92. The average molecular weight is 344 g/mol. The second-order valence-corrected chi connectivity index (χ2v) is 6.37. The van der Waals surface area contributed by atoms with Gasteiger partial charge in [0.2, 0.25) is 0 Å². The van der Waals surface area contributed by atoms with Crippen LogP contribution in [0.15, 0.2) is 42.6 Å². The summed E-state index contributed by atoms with van der Waals surface area (Å²) in [5.41, 5.74) is 9.87. The molecule has 3 aromatic rings. The van der Waals surface area contributed by atoms with Crippen LogP contribution >= 0.6 is 11.6 Å². The van der Waals surface area contributed by atoms with E-state index in [2.05, 4.69) is 13.8 Å². The fraction of sp³-hybridized carbons (Fsp3) is 0.316. The molecule has 0 amide bonds. The minimum Gasteiger partial charge on any atom is -0.494 e. The lowest BCUT2D eigenvalue weighted by molar-refractivity contribution is 0.317.